The van der Waals surface area contributed by atoms with Crippen LogP contribution in [0, 0.1) is 0 Å². The molecule has 112 valence electrons. The maximum absolute atomic E-state index is 6.20. The van der Waals surface area contributed by atoms with Crippen molar-refractivity contribution in [3.05, 3.63) is 46.7 Å². The molecule has 0 radical (unpaired) electrons. The summed E-state index contributed by atoms with van der Waals surface area (Å²) in [6, 6.07) is 9.09. The number of ether oxygens (including phenoxy) is 2. The van der Waals surface area contributed by atoms with Gasteiger partial charge in [-0.2, -0.15) is 0 Å². The third kappa shape index (κ3) is 2.56. The van der Waals surface area contributed by atoms with E-state index in [2.05, 4.69) is 9.97 Å². The van der Waals surface area contributed by atoms with Crippen LogP contribution in [0.4, 0.5) is 0 Å². The van der Waals surface area contributed by atoms with E-state index in [9.17, 15) is 0 Å². The predicted molar refractivity (Wildman–Crippen MR) is 88.1 cm³/mol. The van der Waals surface area contributed by atoms with Crippen LogP contribution >= 0.6 is 23.2 Å². The van der Waals surface area contributed by atoms with Gasteiger partial charge in [0.1, 0.15) is 10.7 Å². The molecule has 0 unspecified atom stereocenters. The number of rotatable bonds is 3. The first-order valence-corrected chi connectivity index (χ1v) is 7.23. The number of fused-ring (bicyclic) bond motifs is 1. The van der Waals surface area contributed by atoms with Crippen LogP contribution in [0.25, 0.3) is 22.2 Å². The third-order valence-corrected chi connectivity index (χ3v) is 3.79. The fraction of sp³-hybridized carbons (Fsp3) is 0.125. The normalized spacial score (nSPS) is 10.7. The number of halogens is 2. The lowest BCUT2D eigenvalue weighted by Crippen LogP contribution is -1.93. The highest BCUT2D eigenvalue weighted by Crippen LogP contribution is 2.36. The van der Waals surface area contributed by atoms with E-state index in [1.807, 2.05) is 24.3 Å². The number of benzene rings is 1. The van der Waals surface area contributed by atoms with E-state index in [4.69, 9.17) is 32.7 Å². The van der Waals surface area contributed by atoms with Gasteiger partial charge in [0.05, 0.1) is 24.8 Å². The number of hydrogen-bond acceptors (Lipinski definition) is 4. The highest BCUT2D eigenvalue weighted by atomic mass is 35.5. The number of pyridine rings is 2. The van der Waals surface area contributed by atoms with Crippen LogP contribution in [0.1, 0.15) is 0 Å². The summed E-state index contributed by atoms with van der Waals surface area (Å²) < 4.78 is 10.6. The minimum Gasteiger partial charge on any atom is -0.493 e. The van der Waals surface area contributed by atoms with E-state index in [1.165, 1.54) is 0 Å². The highest BCUT2D eigenvalue weighted by molar-refractivity contribution is 6.37. The molecular weight excluding hydrogens is 323 g/mol. The van der Waals surface area contributed by atoms with Gasteiger partial charge in [0.15, 0.2) is 11.5 Å². The van der Waals surface area contributed by atoms with Gasteiger partial charge in [-0.05, 0) is 29.8 Å². The molecule has 0 N–H and O–H groups in total. The molecule has 1 aromatic carbocycles. The van der Waals surface area contributed by atoms with Gasteiger partial charge in [-0.25, -0.2) is 4.98 Å². The van der Waals surface area contributed by atoms with Gasteiger partial charge in [-0.15, -0.1) is 0 Å². The van der Waals surface area contributed by atoms with Crippen LogP contribution in [-0.4, -0.2) is 24.2 Å². The van der Waals surface area contributed by atoms with Gasteiger partial charge in [-0.1, -0.05) is 29.3 Å². The van der Waals surface area contributed by atoms with Gasteiger partial charge in [-0.3, -0.25) is 4.98 Å². The Morgan fingerprint density at radius 2 is 1.68 bits per heavy atom. The molecule has 0 spiro atoms. The molecule has 0 aliphatic rings. The first-order valence-electron chi connectivity index (χ1n) is 6.47. The molecule has 3 aromatic rings. The monoisotopic (exact) mass is 334 g/mol. The summed E-state index contributed by atoms with van der Waals surface area (Å²) in [5.41, 5.74) is 3.04. The van der Waals surface area contributed by atoms with Crippen LogP contribution in [0.3, 0.4) is 0 Å². The first kappa shape index (κ1) is 14.9. The van der Waals surface area contributed by atoms with Crippen molar-refractivity contribution in [2.24, 2.45) is 0 Å². The maximum atomic E-state index is 6.20. The summed E-state index contributed by atoms with van der Waals surface area (Å²) in [6.45, 7) is 0. The Labute approximate surface area is 137 Å². The SMILES string of the molecule is COc1ccc(-c2ccnc3c(Cl)cc(Cl)nc23)cc1OC. The molecule has 22 heavy (non-hydrogen) atoms. The van der Waals surface area contributed by atoms with Crippen LogP contribution in [-0.2, 0) is 0 Å². The fourth-order valence-electron chi connectivity index (χ4n) is 2.29. The van der Waals surface area contributed by atoms with Crippen molar-refractivity contribution in [1.29, 1.82) is 0 Å². The van der Waals surface area contributed by atoms with E-state index >= 15 is 0 Å². The molecule has 2 heterocycles. The van der Waals surface area contributed by atoms with Crippen LogP contribution in [0.2, 0.25) is 10.2 Å². The Kier molecular flexibility index (Phi) is 4.05. The second-order valence-corrected chi connectivity index (χ2v) is 5.35. The lowest BCUT2D eigenvalue weighted by atomic mass is 10.0. The Morgan fingerprint density at radius 3 is 2.41 bits per heavy atom. The number of hydrogen-bond donors (Lipinski definition) is 0. The second-order valence-electron chi connectivity index (χ2n) is 4.55. The molecule has 0 atom stereocenters. The molecule has 0 saturated heterocycles. The Balaban J connectivity index is 2.26. The Hall–Kier alpha value is -2.04. The Bertz CT molecular complexity index is 853. The number of aromatic nitrogens is 2. The van der Waals surface area contributed by atoms with Crippen molar-refractivity contribution in [1.82, 2.24) is 9.97 Å². The van der Waals surface area contributed by atoms with Gasteiger partial charge in [0.25, 0.3) is 0 Å². The van der Waals surface area contributed by atoms with E-state index in [1.54, 1.807) is 26.5 Å². The number of methoxy groups -OCH3 is 2. The van der Waals surface area contributed by atoms with Crippen molar-refractivity contribution < 1.29 is 9.47 Å². The molecule has 6 heteroatoms. The lowest BCUT2D eigenvalue weighted by Gasteiger charge is -2.11. The van der Waals surface area contributed by atoms with Crippen LogP contribution in [0.5, 0.6) is 11.5 Å². The summed E-state index contributed by atoms with van der Waals surface area (Å²) in [4.78, 5) is 8.63. The summed E-state index contributed by atoms with van der Waals surface area (Å²) in [5.74, 6) is 1.30. The molecule has 0 aliphatic carbocycles. The molecule has 0 fully saturated rings. The molecule has 4 nitrogen and oxygen atoms in total. The quantitative estimate of drug-likeness (QED) is 0.655. The van der Waals surface area contributed by atoms with Gasteiger partial charge < -0.3 is 9.47 Å². The van der Waals surface area contributed by atoms with Crippen molar-refractivity contribution in [3.63, 3.8) is 0 Å². The number of nitrogens with zero attached hydrogens (tertiary/aromatic N) is 2. The van der Waals surface area contributed by atoms with Gasteiger partial charge >= 0.3 is 0 Å². The van der Waals surface area contributed by atoms with Crippen molar-refractivity contribution in [3.8, 4) is 22.6 Å². The largest absolute Gasteiger partial charge is 0.493 e. The standard InChI is InChI=1S/C16H12Cl2N2O2/c1-21-12-4-3-9(7-13(12)22-2)10-5-6-19-16-11(17)8-14(18)20-15(10)16/h3-8H,1-2H3. The van der Waals surface area contributed by atoms with Crippen LogP contribution < -0.4 is 9.47 Å². The molecule has 2 aromatic heterocycles. The van der Waals surface area contributed by atoms with E-state index in [0.717, 1.165) is 11.1 Å². The van der Waals surface area contributed by atoms with Crippen molar-refractivity contribution in [2.75, 3.05) is 14.2 Å². The zero-order valence-electron chi connectivity index (χ0n) is 11.9. The van der Waals surface area contributed by atoms with E-state index < -0.39 is 0 Å². The summed E-state index contributed by atoms with van der Waals surface area (Å²) >= 11 is 12.2. The Morgan fingerprint density at radius 1 is 0.909 bits per heavy atom. The third-order valence-electron chi connectivity index (χ3n) is 3.31. The minimum atomic E-state index is 0.326. The molecule has 0 aliphatic heterocycles. The first-order chi connectivity index (χ1) is 10.6. The summed E-state index contributed by atoms with van der Waals surface area (Å²) in [5, 5.41) is 0.796. The topological polar surface area (TPSA) is 44.2 Å². The second kappa shape index (κ2) is 5.99. The molecule has 0 bridgehead atoms. The molecular formula is C16H12Cl2N2O2. The fourth-order valence-corrected chi connectivity index (χ4v) is 2.78. The summed E-state index contributed by atoms with van der Waals surface area (Å²) in [6.07, 6.45) is 1.69. The smallest absolute Gasteiger partial charge is 0.161 e. The molecule has 3 rings (SSSR count). The highest BCUT2D eigenvalue weighted by Gasteiger charge is 2.12. The molecule has 0 saturated carbocycles. The van der Waals surface area contributed by atoms with Gasteiger partial charge in [0, 0.05) is 11.8 Å². The molecule has 0 amide bonds. The minimum absolute atomic E-state index is 0.326. The zero-order valence-corrected chi connectivity index (χ0v) is 13.4. The average molecular weight is 335 g/mol. The summed E-state index contributed by atoms with van der Waals surface area (Å²) in [7, 11) is 3.19. The maximum Gasteiger partial charge on any atom is 0.161 e. The van der Waals surface area contributed by atoms with E-state index in [0.29, 0.717) is 32.7 Å². The zero-order chi connectivity index (χ0) is 15.7. The van der Waals surface area contributed by atoms with Crippen molar-refractivity contribution in [2.45, 2.75) is 0 Å². The van der Waals surface area contributed by atoms with Crippen molar-refractivity contribution >= 4 is 34.2 Å². The van der Waals surface area contributed by atoms with Gasteiger partial charge in [0.2, 0.25) is 0 Å². The predicted octanol–water partition coefficient (Wildman–Crippen LogP) is 4.62. The average Bonchev–Trinajstić information content (AvgIpc) is 2.53. The lowest BCUT2D eigenvalue weighted by molar-refractivity contribution is 0.355. The van der Waals surface area contributed by atoms with Crippen LogP contribution in [0.15, 0.2) is 36.5 Å². The van der Waals surface area contributed by atoms with E-state index in [-0.39, 0.29) is 0 Å².